The first-order valence-electron chi connectivity index (χ1n) is 7.63. The first kappa shape index (κ1) is 16.5. The number of ether oxygens (including phenoxy) is 1. The highest BCUT2D eigenvalue weighted by Crippen LogP contribution is 2.23. The molecule has 1 atom stereocenters. The van der Waals surface area contributed by atoms with Gasteiger partial charge in [-0.15, -0.1) is 0 Å². The number of likely N-dealkylation sites (N-methyl/N-ethyl adjacent to an activating group) is 1. The molecule has 0 radical (unpaired) electrons. The van der Waals surface area contributed by atoms with Crippen molar-refractivity contribution in [2.24, 2.45) is 0 Å². The Morgan fingerprint density at radius 2 is 1.88 bits per heavy atom. The summed E-state index contributed by atoms with van der Waals surface area (Å²) < 4.78 is 5.10. The number of imide groups is 1. The second-order valence-corrected chi connectivity index (χ2v) is 5.59. The highest BCUT2D eigenvalue weighted by Gasteiger charge is 2.36. The van der Waals surface area contributed by atoms with Crippen LogP contribution in [0.3, 0.4) is 0 Å². The predicted octanol–water partition coefficient (Wildman–Crippen LogP) is 2.17. The number of anilines is 1. The molecule has 1 saturated heterocycles. The van der Waals surface area contributed by atoms with E-state index in [1.165, 1.54) is 14.2 Å². The average Bonchev–Trinajstić information content (AvgIpc) is 2.90. The smallest absolute Gasteiger partial charge is 0.324 e. The van der Waals surface area contributed by atoms with E-state index in [-0.39, 0.29) is 11.8 Å². The van der Waals surface area contributed by atoms with Gasteiger partial charge in [-0.25, -0.2) is 4.79 Å². The molecule has 0 aliphatic carbocycles. The van der Waals surface area contributed by atoms with E-state index >= 15 is 0 Å². The highest BCUT2D eigenvalue weighted by atomic mass is 16.5. The Morgan fingerprint density at radius 3 is 2.48 bits per heavy atom. The summed E-state index contributed by atoms with van der Waals surface area (Å²) in [5.74, 6) is 0.0254. The maximum Gasteiger partial charge on any atom is 0.324 e. The summed E-state index contributed by atoms with van der Waals surface area (Å²) in [4.78, 5) is 36.8. The fourth-order valence-corrected chi connectivity index (χ4v) is 2.53. The van der Waals surface area contributed by atoms with Crippen LogP contribution in [0.4, 0.5) is 10.5 Å². The van der Waals surface area contributed by atoms with Gasteiger partial charge >= 0.3 is 6.03 Å². The van der Waals surface area contributed by atoms with Crippen molar-refractivity contribution in [3.05, 3.63) is 59.7 Å². The van der Waals surface area contributed by atoms with Gasteiger partial charge in [0.15, 0.2) is 0 Å². The van der Waals surface area contributed by atoms with E-state index in [0.717, 1.165) is 4.90 Å². The molecule has 2 N–H and O–H groups in total. The summed E-state index contributed by atoms with van der Waals surface area (Å²) in [5.41, 5.74) is 1.71. The van der Waals surface area contributed by atoms with E-state index in [0.29, 0.717) is 22.6 Å². The van der Waals surface area contributed by atoms with Crippen LogP contribution in [0.2, 0.25) is 0 Å². The molecule has 0 bridgehead atoms. The van der Waals surface area contributed by atoms with Crippen molar-refractivity contribution in [1.29, 1.82) is 0 Å². The maximum absolute atomic E-state index is 12.3. The molecule has 2 aromatic carbocycles. The number of urea groups is 1. The van der Waals surface area contributed by atoms with Crippen LogP contribution in [0.15, 0.2) is 48.5 Å². The second kappa shape index (κ2) is 6.64. The predicted molar refractivity (Wildman–Crippen MR) is 91.4 cm³/mol. The van der Waals surface area contributed by atoms with E-state index in [1.54, 1.807) is 48.5 Å². The fourth-order valence-electron chi connectivity index (χ4n) is 2.53. The minimum Gasteiger partial charge on any atom is -0.497 e. The first-order chi connectivity index (χ1) is 12.0. The zero-order chi connectivity index (χ0) is 18.0. The lowest BCUT2D eigenvalue weighted by molar-refractivity contribution is -0.126. The van der Waals surface area contributed by atoms with Crippen molar-refractivity contribution in [1.82, 2.24) is 10.2 Å². The van der Waals surface area contributed by atoms with Crippen LogP contribution in [0.1, 0.15) is 22.0 Å². The largest absolute Gasteiger partial charge is 0.497 e. The number of amides is 4. The Kier molecular flexibility index (Phi) is 4.38. The summed E-state index contributed by atoms with van der Waals surface area (Å²) in [5, 5.41) is 5.38. The standard InChI is InChI=1S/C18H17N3O4/c1-21-17(23)15(20-18(21)24)11-6-8-13(9-7-11)19-16(22)12-4-3-5-14(10-12)25-2/h3-10,15H,1-2H3,(H,19,22)(H,20,24). The van der Waals surface area contributed by atoms with E-state index in [2.05, 4.69) is 10.6 Å². The molecule has 25 heavy (non-hydrogen) atoms. The van der Waals surface area contributed by atoms with Gasteiger partial charge < -0.3 is 15.4 Å². The van der Waals surface area contributed by atoms with Crippen LogP contribution in [0, 0.1) is 0 Å². The van der Waals surface area contributed by atoms with E-state index in [1.807, 2.05) is 0 Å². The van der Waals surface area contributed by atoms with Crippen LogP contribution in [-0.4, -0.2) is 36.9 Å². The Labute approximate surface area is 144 Å². The zero-order valence-electron chi connectivity index (χ0n) is 13.8. The molecule has 1 unspecified atom stereocenters. The van der Waals surface area contributed by atoms with E-state index in [4.69, 9.17) is 4.74 Å². The normalized spacial score (nSPS) is 16.6. The molecule has 0 saturated carbocycles. The molecule has 1 fully saturated rings. The van der Waals surface area contributed by atoms with Crippen LogP contribution in [0.25, 0.3) is 0 Å². The minimum absolute atomic E-state index is 0.267. The van der Waals surface area contributed by atoms with Gasteiger partial charge in [0.1, 0.15) is 11.8 Å². The van der Waals surface area contributed by atoms with Crippen molar-refractivity contribution >= 4 is 23.5 Å². The lowest BCUT2D eigenvalue weighted by Crippen LogP contribution is -2.25. The molecular weight excluding hydrogens is 322 g/mol. The van der Waals surface area contributed by atoms with Crippen molar-refractivity contribution < 1.29 is 19.1 Å². The number of nitrogens with one attached hydrogen (secondary N) is 2. The second-order valence-electron chi connectivity index (χ2n) is 5.59. The van der Waals surface area contributed by atoms with Gasteiger partial charge in [-0.3, -0.25) is 14.5 Å². The summed E-state index contributed by atoms with van der Waals surface area (Å²) in [6.45, 7) is 0. The number of benzene rings is 2. The molecule has 7 nitrogen and oxygen atoms in total. The van der Waals surface area contributed by atoms with Gasteiger partial charge in [-0.1, -0.05) is 18.2 Å². The van der Waals surface area contributed by atoms with Gasteiger partial charge in [0.2, 0.25) is 0 Å². The van der Waals surface area contributed by atoms with Gasteiger partial charge in [0, 0.05) is 18.3 Å². The van der Waals surface area contributed by atoms with Gasteiger partial charge in [-0.2, -0.15) is 0 Å². The van der Waals surface area contributed by atoms with Crippen molar-refractivity contribution in [2.45, 2.75) is 6.04 Å². The number of hydrogen-bond acceptors (Lipinski definition) is 4. The van der Waals surface area contributed by atoms with Gasteiger partial charge in [0.25, 0.3) is 11.8 Å². The van der Waals surface area contributed by atoms with E-state index in [9.17, 15) is 14.4 Å². The van der Waals surface area contributed by atoms with Crippen LogP contribution in [0.5, 0.6) is 5.75 Å². The lowest BCUT2D eigenvalue weighted by atomic mass is 10.1. The van der Waals surface area contributed by atoms with Crippen LogP contribution in [-0.2, 0) is 4.79 Å². The molecule has 0 spiro atoms. The van der Waals surface area contributed by atoms with Gasteiger partial charge in [-0.05, 0) is 35.9 Å². The topological polar surface area (TPSA) is 87.7 Å². The number of rotatable bonds is 4. The zero-order valence-corrected chi connectivity index (χ0v) is 13.8. The Morgan fingerprint density at radius 1 is 1.16 bits per heavy atom. The van der Waals surface area contributed by atoms with Crippen LogP contribution < -0.4 is 15.4 Å². The lowest BCUT2D eigenvalue weighted by Gasteiger charge is -2.10. The summed E-state index contributed by atoms with van der Waals surface area (Å²) in [7, 11) is 2.97. The number of methoxy groups -OCH3 is 1. The molecule has 1 heterocycles. The molecule has 7 heteroatoms. The monoisotopic (exact) mass is 339 g/mol. The average molecular weight is 339 g/mol. The number of carbonyl (C=O) groups is 3. The molecular formula is C18H17N3O4. The third kappa shape index (κ3) is 3.30. The SMILES string of the molecule is COc1cccc(C(=O)Nc2ccc(C3NC(=O)N(C)C3=O)cc2)c1. The number of carbonyl (C=O) groups excluding carboxylic acids is 3. The summed E-state index contributed by atoms with van der Waals surface area (Å²) >= 11 is 0. The molecule has 1 aliphatic heterocycles. The summed E-state index contributed by atoms with van der Waals surface area (Å²) in [6.07, 6.45) is 0. The Hall–Kier alpha value is -3.35. The van der Waals surface area contributed by atoms with E-state index < -0.39 is 12.1 Å². The molecule has 2 aromatic rings. The van der Waals surface area contributed by atoms with Crippen molar-refractivity contribution in [3.63, 3.8) is 0 Å². The minimum atomic E-state index is -0.694. The first-order valence-corrected chi connectivity index (χ1v) is 7.63. The maximum atomic E-state index is 12.3. The molecule has 0 aromatic heterocycles. The van der Waals surface area contributed by atoms with Crippen molar-refractivity contribution in [3.8, 4) is 5.75 Å². The fraction of sp³-hybridized carbons (Fsp3) is 0.167. The third-order valence-corrected chi connectivity index (χ3v) is 3.98. The van der Waals surface area contributed by atoms with Gasteiger partial charge in [0.05, 0.1) is 7.11 Å². The molecule has 4 amide bonds. The summed E-state index contributed by atoms with van der Waals surface area (Å²) in [6, 6.07) is 12.5. The van der Waals surface area contributed by atoms with Crippen molar-refractivity contribution in [2.75, 3.05) is 19.5 Å². The molecule has 3 rings (SSSR count). The quantitative estimate of drug-likeness (QED) is 0.836. The number of hydrogen-bond donors (Lipinski definition) is 2. The molecule has 128 valence electrons. The van der Waals surface area contributed by atoms with Crippen LogP contribution >= 0.6 is 0 Å². The Bertz CT molecular complexity index is 832. The molecule has 1 aliphatic rings. The highest BCUT2D eigenvalue weighted by molar-refractivity contribution is 6.05. The third-order valence-electron chi connectivity index (χ3n) is 3.98. The Balaban J connectivity index is 1.71. The number of nitrogens with zero attached hydrogens (tertiary/aromatic N) is 1.